The highest BCUT2D eigenvalue weighted by Crippen LogP contribution is 2.28. The summed E-state index contributed by atoms with van der Waals surface area (Å²) in [6, 6.07) is 18.2. The van der Waals surface area contributed by atoms with Crippen LogP contribution in [-0.4, -0.2) is 42.2 Å². The van der Waals surface area contributed by atoms with Crippen LogP contribution in [0, 0.1) is 21.4 Å². The largest absolute Gasteiger partial charge is 0.288 e. The summed E-state index contributed by atoms with van der Waals surface area (Å²) in [6.45, 7) is -0.231. The average Bonchev–Trinajstić information content (AvgIpc) is 3.46. The molecule has 4 aromatic rings. The molecule has 1 aliphatic rings. The second-order valence-corrected chi connectivity index (χ2v) is 7.81. The Morgan fingerprint density at radius 3 is 2.31 bits per heavy atom. The molecule has 2 heterocycles. The molecule has 0 fully saturated rings. The highest BCUT2D eigenvalue weighted by atomic mass is 16.6. The van der Waals surface area contributed by atoms with Gasteiger partial charge < -0.3 is 0 Å². The number of imide groups is 1. The van der Waals surface area contributed by atoms with Crippen molar-refractivity contribution in [1.82, 2.24) is 19.7 Å². The van der Waals surface area contributed by atoms with Gasteiger partial charge in [-0.25, -0.2) is 0 Å². The van der Waals surface area contributed by atoms with Crippen molar-refractivity contribution in [2.24, 2.45) is 0 Å². The molecule has 0 atom stereocenters. The number of carbonyl (C=O) groups excluding carboxylic acids is 3. The summed E-state index contributed by atoms with van der Waals surface area (Å²) in [5, 5.41) is 28.8. The highest BCUT2D eigenvalue weighted by molar-refractivity contribution is 6.21. The fourth-order valence-electron chi connectivity index (χ4n) is 4.06. The third-order valence-corrected chi connectivity index (χ3v) is 5.77. The van der Waals surface area contributed by atoms with Crippen LogP contribution in [-0.2, 0) is 6.54 Å². The van der Waals surface area contributed by atoms with Crippen molar-refractivity contribution >= 4 is 23.3 Å². The molecule has 0 spiro atoms. The zero-order valence-electron chi connectivity index (χ0n) is 18.4. The molecule has 3 aromatic carbocycles. The van der Waals surface area contributed by atoms with Gasteiger partial charge in [0.05, 0.1) is 39.9 Å². The summed E-state index contributed by atoms with van der Waals surface area (Å²) in [5.74, 6) is -1.48. The minimum absolute atomic E-state index is 0.00763. The van der Waals surface area contributed by atoms with Crippen LogP contribution in [0.5, 0.6) is 0 Å². The van der Waals surface area contributed by atoms with E-state index in [1.54, 1.807) is 24.3 Å². The first-order chi connectivity index (χ1) is 17.4. The van der Waals surface area contributed by atoms with Crippen LogP contribution < -0.4 is 0 Å². The first-order valence-corrected chi connectivity index (χ1v) is 10.6. The number of nitro benzene ring substituents is 1. The Kier molecular flexibility index (Phi) is 5.39. The topological polar surface area (TPSA) is 152 Å². The van der Waals surface area contributed by atoms with E-state index in [9.17, 15) is 29.8 Å². The van der Waals surface area contributed by atoms with E-state index in [-0.39, 0.29) is 51.6 Å². The van der Waals surface area contributed by atoms with Gasteiger partial charge in [-0.05, 0) is 36.4 Å². The van der Waals surface area contributed by atoms with Gasteiger partial charge in [-0.15, -0.1) is 10.2 Å². The number of hydrogen-bond donors (Lipinski definition) is 0. The SMILES string of the molecule is N#Cc1ccc(-n2cnnc2CN2C(=O)c3ccccc3C2=O)c(C(=O)c2ccccc2[N+](=O)[O-])c1. The van der Waals surface area contributed by atoms with Crippen LogP contribution in [0.25, 0.3) is 5.69 Å². The van der Waals surface area contributed by atoms with Crippen LogP contribution >= 0.6 is 0 Å². The molecule has 0 unspecified atom stereocenters. The number of benzene rings is 3. The van der Waals surface area contributed by atoms with E-state index >= 15 is 0 Å². The summed E-state index contributed by atoms with van der Waals surface area (Å²) in [7, 11) is 0. The van der Waals surface area contributed by atoms with Crippen molar-refractivity contribution in [3.8, 4) is 11.8 Å². The Bertz CT molecular complexity index is 1600. The molecule has 0 saturated heterocycles. The first kappa shape index (κ1) is 22.3. The number of para-hydroxylation sites is 1. The molecule has 174 valence electrons. The lowest BCUT2D eigenvalue weighted by atomic mass is 9.98. The van der Waals surface area contributed by atoms with Crippen LogP contribution in [0.3, 0.4) is 0 Å². The van der Waals surface area contributed by atoms with Gasteiger partial charge >= 0.3 is 0 Å². The van der Waals surface area contributed by atoms with Gasteiger partial charge in [-0.2, -0.15) is 5.26 Å². The van der Waals surface area contributed by atoms with Crippen molar-refractivity contribution in [3.05, 3.63) is 117 Å². The normalized spacial score (nSPS) is 12.4. The quantitative estimate of drug-likeness (QED) is 0.177. The number of rotatable bonds is 6. The van der Waals surface area contributed by atoms with Gasteiger partial charge in [0.1, 0.15) is 11.9 Å². The Morgan fingerprint density at radius 2 is 1.64 bits per heavy atom. The number of nitro groups is 1. The molecule has 11 heteroatoms. The number of ketones is 1. The van der Waals surface area contributed by atoms with Crippen molar-refractivity contribution in [2.75, 3.05) is 0 Å². The Morgan fingerprint density at radius 1 is 0.972 bits per heavy atom. The fraction of sp³-hybridized carbons (Fsp3) is 0.0400. The van der Waals surface area contributed by atoms with Crippen LogP contribution in [0.1, 0.15) is 48.0 Å². The lowest BCUT2D eigenvalue weighted by molar-refractivity contribution is -0.385. The molecule has 36 heavy (non-hydrogen) atoms. The molecule has 0 aliphatic carbocycles. The third-order valence-electron chi connectivity index (χ3n) is 5.77. The molecule has 0 radical (unpaired) electrons. The predicted molar refractivity (Wildman–Crippen MR) is 123 cm³/mol. The molecule has 2 amide bonds. The van der Waals surface area contributed by atoms with E-state index in [1.807, 2.05) is 6.07 Å². The summed E-state index contributed by atoms with van der Waals surface area (Å²) < 4.78 is 1.41. The zero-order valence-corrected chi connectivity index (χ0v) is 18.4. The Labute approximate surface area is 203 Å². The second kappa shape index (κ2) is 8.69. The number of nitrogens with zero attached hydrogens (tertiary/aromatic N) is 6. The molecule has 0 bridgehead atoms. The molecule has 0 saturated carbocycles. The standard InChI is InChI=1S/C25H14N6O5/c26-12-15-9-10-20(19(11-15)23(32)18-7-3-4-8-21(18)31(35)36)30-14-27-28-22(30)13-29-24(33)16-5-1-2-6-17(16)25(29)34/h1-11,14H,13H2. The summed E-state index contributed by atoms with van der Waals surface area (Å²) in [6.07, 6.45) is 1.30. The average molecular weight is 478 g/mol. The number of amides is 2. The smallest absolute Gasteiger partial charge is 0.280 e. The number of hydrogen-bond acceptors (Lipinski definition) is 8. The maximum absolute atomic E-state index is 13.5. The molecule has 11 nitrogen and oxygen atoms in total. The number of carbonyl (C=O) groups is 3. The minimum Gasteiger partial charge on any atom is -0.288 e. The predicted octanol–water partition coefficient (Wildman–Crippen LogP) is 3.07. The lowest BCUT2D eigenvalue weighted by Crippen LogP contribution is -2.30. The molecule has 1 aliphatic heterocycles. The molecule has 1 aromatic heterocycles. The van der Waals surface area contributed by atoms with Crippen molar-refractivity contribution in [1.29, 1.82) is 5.26 Å². The first-order valence-electron chi connectivity index (χ1n) is 10.6. The number of nitriles is 1. The second-order valence-electron chi connectivity index (χ2n) is 7.81. The van der Waals surface area contributed by atoms with Gasteiger partial charge in [0.15, 0.2) is 5.82 Å². The van der Waals surface area contributed by atoms with E-state index in [2.05, 4.69) is 10.2 Å². The maximum atomic E-state index is 13.5. The number of aromatic nitrogens is 3. The van der Waals surface area contributed by atoms with E-state index in [1.165, 1.54) is 53.4 Å². The van der Waals surface area contributed by atoms with Crippen LogP contribution in [0.2, 0.25) is 0 Å². The van der Waals surface area contributed by atoms with Gasteiger partial charge in [-0.3, -0.25) is 34.0 Å². The van der Waals surface area contributed by atoms with Crippen molar-refractivity contribution in [2.45, 2.75) is 6.54 Å². The lowest BCUT2D eigenvalue weighted by Gasteiger charge is -2.16. The van der Waals surface area contributed by atoms with Gasteiger partial charge in [-0.1, -0.05) is 24.3 Å². The van der Waals surface area contributed by atoms with Gasteiger partial charge in [0, 0.05) is 11.6 Å². The summed E-state index contributed by atoms with van der Waals surface area (Å²) in [5.41, 5.74) is 0.397. The summed E-state index contributed by atoms with van der Waals surface area (Å²) in [4.78, 5) is 51.0. The third kappa shape index (κ3) is 3.59. The maximum Gasteiger partial charge on any atom is 0.280 e. The summed E-state index contributed by atoms with van der Waals surface area (Å²) >= 11 is 0. The minimum atomic E-state index is -0.685. The monoisotopic (exact) mass is 478 g/mol. The molecular formula is C25H14N6O5. The van der Waals surface area contributed by atoms with Crippen LogP contribution in [0.15, 0.2) is 73.1 Å². The molecular weight excluding hydrogens is 464 g/mol. The van der Waals surface area contributed by atoms with Crippen molar-refractivity contribution in [3.63, 3.8) is 0 Å². The van der Waals surface area contributed by atoms with Gasteiger partial charge in [0.2, 0.25) is 5.78 Å². The van der Waals surface area contributed by atoms with E-state index in [0.29, 0.717) is 0 Å². The molecule has 0 N–H and O–H groups in total. The van der Waals surface area contributed by atoms with Crippen molar-refractivity contribution < 1.29 is 19.3 Å². The fourth-order valence-corrected chi connectivity index (χ4v) is 4.06. The van der Waals surface area contributed by atoms with Gasteiger partial charge in [0.25, 0.3) is 17.5 Å². The van der Waals surface area contributed by atoms with E-state index < -0.39 is 22.5 Å². The molecule has 5 rings (SSSR count). The highest BCUT2D eigenvalue weighted by Gasteiger charge is 2.36. The zero-order chi connectivity index (χ0) is 25.4. The Balaban J connectivity index is 1.58. The number of fused-ring (bicyclic) bond motifs is 1. The van der Waals surface area contributed by atoms with E-state index in [0.717, 1.165) is 4.90 Å². The van der Waals surface area contributed by atoms with E-state index in [4.69, 9.17) is 0 Å². The van der Waals surface area contributed by atoms with Crippen LogP contribution in [0.4, 0.5) is 5.69 Å². The Hall–Kier alpha value is -5.50.